The van der Waals surface area contributed by atoms with Crippen molar-refractivity contribution in [3.63, 3.8) is 0 Å². The van der Waals surface area contributed by atoms with Crippen LogP contribution in [0, 0.1) is 0 Å². The fourth-order valence-electron chi connectivity index (χ4n) is 3.12. The molecule has 25 heavy (non-hydrogen) atoms. The van der Waals surface area contributed by atoms with Crippen LogP contribution in [0.1, 0.15) is 51.0 Å². The molecule has 8 heteroatoms. The molecular formula is C17H24N6OS. The van der Waals surface area contributed by atoms with E-state index in [1.165, 1.54) is 0 Å². The molecular weight excluding hydrogens is 336 g/mol. The van der Waals surface area contributed by atoms with Crippen molar-refractivity contribution in [2.24, 2.45) is 7.05 Å². The van der Waals surface area contributed by atoms with Crippen LogP contribution in [0.5, 0.6) is 0 Å². The smallest absolute Gasteiger partial charge is 0.214 e. The number of hydrogen-bond donors (Lipinski definition) is 1. The van der Waals surface area contributed by atoms with E-state index in [4.69, 9.17) is 9.72 Å². The van der Waals surface area contributed by atoms with Gasteiger partial charge in [0.2, 0.25) is 10.1 Å². The molecule has 0 radical (unpaired) electrons. The minimum Gasteiger partial charge on any atom is -0.371 e. The van der Waals surface area contributed by atoms with Crippen molar-refractivity contribution in [2.75, 3.05) is 11.9 Å². The van der Waals surface area contributed by atoms with Gasteiger partial charge in [0, 0.05) is 30.8 Å². The maximum Gasteiger partial charge on any atom is 0.214 e. The highest BCUT2D eigenvalue weighted by Gasteiger charge is 2.29. The van der Waals surface area contributed by atoms with Crippen LogP contribution in [0.4, 0.5) is 5.13 Å². The molecule has 1 saturated heterocycles. The van der Waals surface area contributed by atoms with Gasteiger partial charge in [-0.05, 0) is 12.8 Å². The van der Waals surface area contributed by atoms with E-state index in [-0.39, 0.29) is 17.6 Å². The second kappa shape index (κ2) is 6.10. The first-order chi connectivity index (χ1) is 11.9. The van der Waals surface area contributed by atoms with Gasteiger partial charge in [0.15, 0.2) is 0 Å². The average molecular weight is 360 g/mol. The number of imidazole rings is 1. The Morgan fingerprint density at radius 1 is 1.32 bits per heavy atom. The first-order valence-corrected chi connectivity index (χ1v) is 9.45. The van der Waals surface area contributed by atoms with Gasteiger partial charge in [0.05, 0.1) is 24.1 Å². The van der Waals surface area contributed by atoms with E-state index < -0.39 is 0 Å². The minimum absolute atomic E-state index is 0.00353. The van der Waals surface area contributed by atoms with Crippen LogP contribution >= 0.6 is 11.3 Å². The van der Waals surface area contributed by atoms with Gasteiger partial charge >= 0.3 is 0 Å². The molecule has 3 aromatic heterocycles. The van der Waals surface area contributed by atoms with E-state index in [1.807, 2.05) is 34.8 Å². The van der Waals surface area contributed by atoms with E-state index >= 15 is 0 Å². The zero-order valence-electron chi connectivity index (χ0n) is 15.1. The molecule has 2 atom stereocenters. The number of ether oxygens (including phenoxy) is 1. The Kier molecular flexibility index (Phi) is 4.04. The Morgan fingerprint density at radius 2 is 2.16 bits per heavy atom. The molecule has 1 fully saturated rings. The Balaban J connectivity index is 1.55. The van der Waals surface area contributed by atoms with Crippen molar-refractivity contribution in [1.29, 1.82) is 0 Å². The van der Waals surface area contributed by atoms with Gasteiger partial charge in [0.25, 0.3) is 0 Å². The normalized spacial score (nSPS) is 21.8. The third-order valence-electron chi connectivity index (χ3n) is 4.50. The summed E-state index contributed by atoms with van der Waals surface area (Å²) in [6.45, 7) is 7.28. The van der Waals surface area contributed by atoms with E-state index in [0.717, 1.165) is 40.8 Å². The number of fused-ring (bicyclic) bond motifs is 1. The number of aryl methyl sites for hydroxylation is 1. The summed E-state index contributed by atoms with van der Waals surface area (Å²) in [5.41, 5.74) is 2.20. The molecule has 0 aliphatic carbocycles. The average Bonchev–Trinajstić information content (AvgIpc) is 3.21. The van der Waals surface area contributed by atoms with Crippen LogP contribution in [0.2, 0.25) is 0 Å². The molecule has 0 spiro atoms. The molecule has 0 unspecified atom stereocenters. The molecule has 1 aliphatic heterocycles. The van der Waals surface area contributed by atoms with Crippen molar-refractivity contribution in [2.45, 2.75) is 51.2 Å². The summed E-state index contributed by atoms with van der Waals surface area (Å²) in [6, 6.07) is 0.191. The van der Waals surface area contributed by atoms with Crippen LogP contribution in [0.25, 0.3) is 4.96 Å². The lowest BCUT2D eigenvalue weighted by molar-refractivity contribution is 0.00559. The number of anilines is 1. The van der Waals surface area contributed by atoms with Gasteiger partial charge in [0.1, 0.15) is 6.10 Å². The lowest BCUT2D eigenvalue weighted by Crippen LogP contribution is -2.33. The molecule has 134 valence electrons. The molecule has 0 saturated carbocycles. The third-order valence-corrected chi connectivity index (χ3v) is 5.35. The summed E-state index contributed by atoms with van der Waals surface area (Å²) < 4.78 is 9.71. The van der Waals surface area contributed by atoms with Crippen LogP contribution in [-0.2, 0) is 17.2 Å². The van der Waals surface area contributed by atoms with Gasteiger partial charge in [-0.3, -0.25) is 4.68 Å². The van der Waals surface area contributed by atoms with Crippen molar-refractivity contribution in [3.05, 3.63) is 29.8 Å². The summed E-state index contributed by atoms with van der Waals surface area (Å²) in [7, 11) is 1.93. The number of nitrogens with zero attached hydrogens (tertiary/aromatic N) is 5. The van der Waals surface area contributed by atoms with Crippen molar-refractivity contribution in [3.8, 4) is 0 Å². The second-order valence-corrected chi connectivity index (χ2v) is 8.60. The molecule has 0 amide bonds. The first kappa shape index (κ1) is 16.5. The van der Waals surface area contributed by atoms with Gasteiger partial charge in [-0.1, -0.05) is 32.1 Å². The molecule has 7 nitrogen and oxygen atoms in total. The maximum atomic E-state index is 6.02. The monoisotopic (exact) mass is 360 g/mol. The molecule has 1 aliphatic rings. The van der Waals surface area contributed by atoms with Crippen LogP contribution in [0.15, 0.2) is 18.6 Å². The Bertz CT molecular complexity index is 842. The Labute approximate surface area is 151 Å². The predicted molar refractivity (Wildman–Crippen MR) is 98.1 cm³/mol. The van der Waals surface area contributed by atoms with E-state index in [1.54, 1.807) is 11.3 Å². The molecule has 4 rings (SSSR count). The number of nitrogens with one attached hydrogen (secondary N) is 1. The highest BCUT2D eigenvalue weighted by Crippen LogP contribution is 2.32. The van der Waals surface area contributed by atoms with E-state index in [9.17, 15) is 0 Å². The zero-order valence-corrected chi connectivity index (χ0v) is 15.9. The first-order valence-electron chi connectivity index (χ1n) is 8.63. The highest BCUT2D eigenvalue weighted by atomic mass is 32.1. The maximum absolute atomic E-state index is 6.02. The molecule has 0 aromatic carbocycles. The molecule has 3 aromatic rings. The summed E-state index contributed by atoms with van der Waals surface area (Å²) in [5.74, 6) is 0. The van der Waals surface area contributed by atoms with Gasteiger partial charge < -0.3 is 10.1 Å². The minimum atomic E-state index is 0.00353. The van der Waals surface area contributed by atoms with Crippen molar-refractivity contribution in [1.82, 2.24) is 24.4 Å². The number of aromatic nitrogens is 5. The third kappa shape index (κ3) is 3.28. The van der Waals surface area contributed by atoms with Crippen molar-refractivity contribution < 1.29 is 4.74 Å². The fraction of sp³-hybridized carbons (Fsp3) is 0.588. The lowest BCUT2D eigenvalue weighted by Gasteiger charge is -2.31. The quantitative estimate of drug-likeness (QED) is 0.777. The van der Waals surface area contributed by atoms with Crippen LogP contribution in [0.3, 0.4) is 0 Å². The molecule has 4 heterocycles. The lowest BCUT2D eigenvalue weighted by atomic mass is 9.93. The highest BCUT2D eigenvalue weighted by molar-refractivity contribution is 7.20. The van der Waals surface area contributed by atoms with Gasteiger partial charge in [-0.2, -0.15) is 5.10 Å². The second-order valence-electron chi connectivity index (χ2n) is 7.64. The predicted octanol–water partition coefficient (Wildman–Crippen LogP) is 3.15. The van der Waals surface area contributed by atoms with Gasteiger partial charge in [-0.15, -0.1) is 5.10 Å². The Hall–Kier alpha value is -1.93. The summed E-state index contributed by atoms with van der Waals surface area (Å²) in [4.78, 5) is 5.63. The summed E-state index contributed by atoms with van der Waals surface area (Å²) in [5, 5.41) is 13.4. The standard InChI is InChI=1S/C17H24N6OS/c1-17(2,3)13-10-23-16(20-13)25-15(21-23)19-12-6-5-7-24-14(12)11-8-18-22(4)9-11/h8-10,12,14H,5-7H2,1-4H3,(H,19,21)/t12-,14+/m0/s1. The molecule has 0 bridgehead atoms. The number of rotatable bonds is 3. The van der Waals surface area contributed by atoms with Crippen LogP contribution in [-0.4, -0.2) is 37.0 Å². The van der Waals surface area contributed by atoms with Gasteiger partial charge in [-0.25, -0.2) is 9.50 Å². The van der Waals surface area contributed by atoms with Crippen LogP contribution < -0.4 is 5.32 Å². The SMILES string of the molecule is Cn1cc([C@H]2OCCC[C@@H]2Nc2nn3cc(C(C)(C)C)nc3s2)cn1. The number of hydrogen-bond acceptors (Lipinski definition) is 6. The fourth-order valence-corrected chi connectivity index (χ4v) is 3.97. The van der Waals surface area contributed by atoms with E-state index in [2.05, 4.69) is 36.3 Å². The Morgan fingerprint density at radius 3 is 2.84 bits per heavy atom. The molecule has 1 N–H and O–H groups in total. The topological polar surface area (TPSA) is 69.3 Å². The summed E-state index contributed by atoms with van der Waals surface area (Å²) >= 11 is 1.58. The van der Waals surface area contributed by atoms with E-state index in [0.29, 0.717) is 0 Å². The summed E-state index contributed by atoms with van der Waals surface area (Å²) in [6.07, 6.45) is 8.03. The zero-order chi connectivity index (χ0) is 17.6. The van der Waals surface area contributed by atoms with Crippen molar-refractivity contribution >= 4 is 21.4 Å². The largest absolute Gasteiger partial charge is 0.371 e.